The molecule has 1 heterocycles. The van der Waals surface area contributed by atoms with Crippen LogP contribution in [0.5, 0.6) is 0 Å². The largest absolute Gasteiger partial charge is 0.385 e. The zero-order valence-corrected chi connectivity index (χ0v) is 17.9. The SMILES string of the molecule is CN=C(NCCN1CCN(c2ccc(F)cc2)CC1)NCC1(CCOC)CCC1. The highest BCUT2D eigenvalue weighted by Crippen LogP contribution is 2.43. The maximum atomic E-state index is 13.1. The molecule has 2 N–H and O–H groups in total. The zero-order chi connectivity index (χ0) is 20.5. The second-order valence-corrected chi connectivity index (χ2v) is 8.25. The van der Waals surface area contributed by atoms with E-state index >= 15 is 0 Å². The van der Waals surface area contributed by atoms with Gasteiger partial charge in [-0.25, -0.2) is 4.39 Å². The van der Waals surface area contributed by atoms with Crippen molar-refractivity contribution >= 4 is 11.6 Å². The molecule has 3 rings (SSSR count). The molecule has 0 unspecified atom stereocenters. The second-order valence-electron chi connectivity index (χ2n) is 8.25. The number of methoxy groups -OCH3 is 1. The average Bonchev–Trinajstić information content (AvgIpc) is 2.72. The van der Waals surface area contributed by atoms with E-state index in [9.17, 15) is 4.39 Å². The molecule has 7 heteroatoms. The van der Waals surface area contributed by atoms with E-state index in [4.69, 9.17) is 4.74 Å². The Kier molecular flexibility index (Phi) is 8.12. The lowest BCUT2D eigenvalue weighted by molar-refractivity contribution is 0.0732. The van der Waals surface area contributed by atoms with Gasteiger partial charge in [0, 0.05) is 72.3 Å². The van der Waals surface area contributed by atoms with Crippen molar-refractivity contribution in [2.24, 2.45) is 10.4 Å². The van der Waals surface area contributed by atoms with Crippen molar-refractivity contribution in [2.75, 3.05) is 71.5 Å². The summed E-state index contributed by atoms with van der Waals surface area (Å²) in [7, 11) is 3.61. The molecular weight excluding hydrogens is 369 g/mol. The summed E-state index contributed by atoms with van der Waals surface area (Å²) in [5.74, 6) is 0.709. The van der Waals surface area contributed by atoms with Crippen LogP contribution in [-0.4, -0.2) is 77.4 Å². The minimum absolute atomic E-state index is 0.178. The number of guanidine groups is 1. The first-order valence-corrected chi connectivity index (χ1v) is 10.8. The molecule has 2 fully saturated rings. The molecule has 0 spiro atoms. The van der Waals surface area contributed by atoms with Crippen molar-refractivity contribution in [3.63, 3.8) is 0 Å². The summed E-state index contributed by atoms with van der Waals surface area (Å²) in [5, 5.41) is 6.97. The first-order chi connectivity index (χ1) is 14.1. The van der Waals surface area contributed by atoms with Crippen LogP contribution in [0.2, 0.25) is 0 Å². The monoisotopic (exact) mass is 405 g/mol. The molecule has 6 nitrogen and oxygen atoms in total. The summed E-state index contributed by atoms with van der Waals surface area (Å²) in [6.45, 7) is 7.65. The van der Waals surface area contributed by atoms with Gasteiger partial charge in [-0.15, -0.1) is 0 Å². The Bertz CT molecular complexity index is 639. The van der Waals surface area contributed by atoms with Crippen LogP contribution >= 0.6 is 0 Å². The van der Waals surface area contributed by atoms with Gasteiger partial charge in [0.2, 0.25) is 0 Å². The fourth-order valence-corrected chi connectivity index (χ4v) is 4.22. The van der Waals surface area contributed by atoms with Crippen LogP contribution in [0.15, 0.2) is 29.3 Å². The van der Waals surface area contributed by atoms with Gasteiger partial charge in [-0.1, -0.05) is 6.42 Å². The van der Waals surface area contributed by atoms with Crippen LogP contribution < -0.4 is 15.5 Å². The van der Waals surface area contributed by atoms with Gasteiger partial charge < -0.3 is 20.3 Å². The molecule has 2 aliphatic rings. The van der Waals surface area contributed by atoms with E-state index in [0.29, 0.717) is 5.41 Å². The molecule has 0 radical (unpaired) electrons. The lowest BCUT2D eigenvalue weighted by Crippen LogP contribution is -2.50. The lowest BCUT2D eigenvalue weighted by atomic mass is 9.67. The number of rotatable bonds is 9. The predicted octanol–water partition coefficient (Wildman–Crippen LogP) is 2.32. The number of hydrogen-bond acceptors (Lipinski definition) is 4. The maximum Gasteiger partial charge on any atom is 0.191 e. The van der Waals surface area contributed by atoms with E-state index < -0.39 is 0 Å². The third kappa shape index (κ3) is 6.31. The molecule has 0 aromatic heterocycles. The summed E-state index contributed by atoms with van der Waals surface area (Å²) in [4.78, 5) is 9.16. The molecule has 1 saturated carbocycles. The Labute approximate surface area is 174 Å². The summed E-state index contributed by atoms with van der Waals surface area (Å²) < 4.78 is 18.4. The zero-order valence-electron chi connectivity index (χ0n) is 17.9. The number of anilines is 1. The molecule has 0 bridgehead atoms. The fourth-order valence-electron chi connectivity index (χ4n) is 4.22. The van der Waals surface area contributed by atoms with Gasteiger partial charge in [-0.3, -0.25) is 9.89 Å². The smallest absolute Gasteiger partial charge is 0.191 e. The van der Waals surface area contributed by atoms with Gasteiger partial charge in [0.05, 0.1) is 0 Å². The van der Waals surface area contributed by atoms with Gasteiger partial charge in [0.15, 0.2) is 5.96 Å². The number of ether oxygens (including phenoxy) is 1. The van der Waals surface area contributed by atoms with Crippen LogP contribution in [0.4, 0.5) is 10.1 Å². The van der Waals surface area contributed by atoms with Crippen molar-refractivity contribution in [1.29, 1.82) is 0 Å². The molecule has 0 atom stereocenters. The van der Waals surface area contributed by atoms with Crippen molar-refractivity contribution in [3.05, 3.63) is 30.1 Å². The molecule has 1 aromatic rings. The van der Waals surface area contributed by atoms with E-state index in [1.54, 1.807) is 7.11 Å². The first-order valence-electron chi connectivity index (χ1n) is 10.8. The third-order valence-electron chi connectivity index (χ3n) is 6.39. The van der Waals surface area contributed by atoms with E-state index in [2.05, 4.69) is 25.4 Å². The summed E-state index contributed by atoms with van der Waals surface area (Å²) >= 11 is 0. The van der Waals surface area contributed by atoms with Gasteiger partial charge in [-0.05, 0) is 48.9 Å². The molecular formula is C22H36FN5O. The van der Waals surface area contributed by atoms with E-state index in [1.165, 1.54) is 31.4 Å². The van der Waals surface area contributed by atoms with Crippen LogP contribution in [0.3, 0.4) is 0 Å². The Balaban J connectivity index is 1.33. The number of nitrogens with one attached hydrogen (secondary N) is 2. The van der Waals surface area contributed by atoms with E-state index in [-0.39, 0.29) is 5.82 Å². The Morgan fingerprint density at radius 3 is 2.45 bits per heavy atom. The van der Waals surface area contributed by atoms with Gasteiger partial charge in [0.25, 0.3) is 0 Å². The van der Waals surface area contributed by atoms with Gasteiger partial charge in [0.1, 0.15) is 5.82 Å². The normalized spacial score (nSPS) is 19.7. The average molecular weight is 406 g/mol. The topological polar surface area (TPSA) is 52.1 Å². The van der Waals surface area contributed by atoms with Crippen molar-refractivity contribution in [3.8, 4) is 0 Å². The number of piperazine rings is 1. The van der Waals surface area contributed by atoms with Crippen molar-refractivity contribution in [2.45, 2.75) is 25.7 Å². The summed E-state index contributed by atoms with van der Waals surface area (Å²) in [6, 6.07) is 6.80. The first kappa shape index (κ1) is 21.8. The van der Waals surface area contributed by atoms with E-state index in [1.807, 2.05) is 19.2 Å². The second kappa shape index (κ2) is 10.8. The van der Waals surface area contributed by atoms with Crippen LogP contribution in [0.1, 0.15) is 25.7 Å². The summed E-state index contributed by atoms with van der Waals surface area (Å²) in [6.07, 6.45) is 4.99. The molecule has 1 aliphatic carbocycles. The summed E-state index contributed by atoms with van der Waals surface area (Å²) in [5.41, 5.74) is 1.48. The maximum absolute atomic E-state index is 13.1. The number of hydrogen-bond donors (Lipinski definition) is 2. The predicted molar refractivity (Wildman–Crippen MR) is 117 cm³/mol. The molecule has 1 aliphatic heterocycles. The lowest BCUT2D eigenvalue weighted by Gasteiger charge is -2.42. The molecule has 0 amide bonds. The highest BCUT2D eigenvalue weighted by atomic mass is 19.1. The molecule has 1 aromatic carbocycles. The Hall–Kier alpha value is -1.86. The van der Waals surface area contributed by atoms with Crippen molar-refractivity contribution < 1.29 is 9.13 Å². The number of nitrogens with zero attached hydrogens (tertiary/aromatic N) is 3. The minimum Gasteiger partial charge on any atom is -0.385 e. The van der Waals surface area contributed by atoms with Crippen LogP contribution in [0, 0.1) is 11.2 Å². The third-order valence-corrected chi connectivity index (χ3v) is 6.39. The Morgan fingerprint density at radius 2 is 1.86 bits per heavy atom. The van der Waals surface area contributed by atoms with Gasteiger partial charge in [-0.2, -0.15) is 0 Å². The molecule has 29 heavy (non-hydrogen) atoms. The number of aliphatic imine (C=N–C) groups is 1. The highest BCUT2D eigenvalue weighted by molar-refractivity contribution is 5.79. The standard InChI is InChI=1S/C22H36FN5O/c1-24-21(26-18-22(8-3-9-22)10-17-29-2)25-11-12-27-13-15-28(16-14-27)20-6-4-19(23)5-7-20/h4-7H,3,8-18H2,1-2H3,(H2,24,25,26). The highest BCUT2D eigenvalue weighted by Gasteiger charge is 2.36. The van der Waals surface area contributed by atoms with Crippen molar-refractivity contribution in [1.82, 2.24) is 15.5 Å². The number of halogens is 1. The van der Waals surface area contributed by atoms with E-state index in [0.717, 1.165) is 70.5 Å². The van der Waals surface area contributed by atoms with Crippen LogP contribution in [-0.2, 0) is 4.74 Å². The minimum atomic E-state index is -0.178. The quantitative estimate of drug-likeness (QED) is 0.488. The Morgan fingerprint density at radius 1 is 1.14 bits per heavy atom. The molecule has 162 valence electrons. The van der Waals surface area contributed by atoms with Gasteiger partial charge >= 0.3 is 0 Å². The molecule has 1 saturated heterocycles. The van der Waals surface area contributed by atoms with Crippen LogP contribution in [0.25, 0.3) is 0 Å². The fraction of sp³-hybridized carbons (Fsp3) is 0.682. The number of benzene rings is 1.